The van der Waals surface area contributed by atoms with E-state index in [1.165, 1.54) is 12.1 Å². The first-order valence-electron chi connectivity index (χ1n) is 6.90. The third-order valence-electron chi connectivity index (χ3n) is 3.01. The third-order valence-corrected chi connectivity index (χ3v) is 5.00. The maximum absolute atomic E-state index is 12.8. The largest absolute Gasteiger partial charge is 0.416 e. The van der Waals surface area contributed by atoms with E-state index < -0.39 is 21.8 Å². The average Bonchev–Trinajstić information content (AvgIpc) is 2.37. The molecule has 0 N–H and O–H groups in total. The van der Waals surface area contributed by atoms with E-state index in [0.717, 1.165) is 16.4 Å². The molecule has 126 valence electrons. The fourth-order valence-electron chi connectivity index (χ4n) is 1.93. The topological polar surface area (TPSA) is 40.6 Å². The predicted molar refractivity (Wildman–Crippen MR) is 81.4 cm³/mol. The van der Waals surface area contributed by atoms with E-state index in [2.05, 4.69) is 0 Å². The summed E-state index contributed by atoms with van der Waals surface area (Å²) in [4.78, 5) is 1.78. The summed E-state index contributed by atoms with van der Waals surface area (Å²) in [5.41, 5.74) is -0.809. The quantitative estimate of drug-likeness (QED) is 0.768. The molecule has 0 aromatic heterocycles. The molecule has 0 heterocycles. The average molecular weight is 338 g/mol. The molecule has 0 unspecified atom stereocenters. The summed E-state index contributed by atoms with van der Waals surface area (Å²) < 4.78 is 64.2. The lowest BCUT2D eigenvalue weighted by molar-refractivity contribution is -0.137. The molecule has 0 radical (unpaired) electrons. The second-order valence-electron chi connectivity index (χ2n) is 5.24. The number of halogens is 3. The summed E-state index contributed by atoms with van der Waals surface area (Å²) in [6.45, 7) is 2.24. The van der Waals surface area contributed by atoms with Crippen molar-refractivity contribution in [3.63, 3.8) is 0 Å². The Morgan fingerprint density at radius 2 is 1.77 bits per heavy atom. The van der Waals surface area contributed by atoms with Crippen molar-refractivity contribution in [1.29, 1.82) is 0 Å². The van der Waals surface area contributed by atoms with Crippen LogP contribution in [-0.4, -0.2) is 46.3 Å². The fourth-order valence-corrected chi connectivity index (χ4v) is 3.46. The molecular weight excluding hydrogens is 317 g/mol. The van der Waals surface area contributed by atoms with Crippen molar-refractivity contribution < 1.29 is 21.6 Å². The molecule has 0 aliphatic heterocycles. The Hall–Kier alpha value is -1.28. The lowest BCUT2D eigenvalue weighted by Gasteiger charge is -2.26. The van der Waals surface area contributed by atoms with Crippen molar-refractivity contribution >= 4 is 15.7 Å². The lowest BCUT2D eigenvalue weighted by Crippen LogP contribution is -2.38. The van der Waals surface area contributed by atoms with Gasteiger partial charge in [0.15, 0.2) is 0 Å². The molecular formula is C14H21F3N2O2S. The summed E-state index contributed by atoms with van der Waals surface area (Å²) in [5, 5.41) is 0. The highest BCUT2D eigenvalue weighted by Gasteiger charge is 2.32. The number of benzene rings is 1. The zero-order valence-electron chi connectivity index (χ0n) is 12.9. The van der Waals surface area contributed by atoms with Gasteiger partial charge in [-0.2, -0.15) is 13.2 Å². The number of nitrogens with zero attached hydrogens (tertiary/aromatic N) is 2. The number of likely N-dealkylation sites (N-methyl/N-ethyl adjacent to an activating group) is 1. The molecule has 4 nitrogen and oxygen atoms in total. The monoisotopic (exact) mass is 338 g/mol. The van der Waals surface area contributed by atoms with Crippen LogP contribution in [0.15, 0.2) is 24.3 Å². The van der Waals surface area contributed by atoms with Gasteiger partial charge in [-0.05, 0) is 38.7 Å². The van der Waals surface area contributed by atoms with Crippen molar-refractivity contribution in [2.45, 2.75) is 19.5 Å². The zero-order valence-corrected chi connectivity index (χ0v) is 13.7. The van der Waals surface area contributed by atoms with Gasteiger partial charge in [0.25, 0.3) is 0 Å². The van der Waals surface area contributed by atoms with Crippen molar-refractivity contribution in [2.75, 3.05) is 37.2 Å². The van der Waals surface area contributed by atoms with Crippen molar-refractivity contribution in [3.05, 3.63) is 29.8 Å². The lowest BCUT2D eigenvalue weighted by atomic mass is 10.2. The first-order valence-corrected chi connectivity index (χ1v) is 8.51. The van der Waals surface area contributed by atoms with Crippen LogP contribution < -0.4 is 4.31 Å². The molecule has 0 spiro atoms. The Labute approximate surface area is 129 Å². The Morgan fingerprint density at radius 3 is 2.27 bits per heavy atom. The molecule has 0 fully saturated rings. The van der Waals surface area contributed by atoms with Crippen LogP contribution in [0.25, 0.3) is 0 Å². The van der Waals surface area contributed by atoms with Crippen molar-refractivity contribution in [1.82, 2.24) is 4.90 Å². The molecule has 0 aliphatic carbocycles. The Balaban J connectivity index is 3.21. The van der Waals surface area contributed by atoms with E-state index in [-0.39, 0.29) is 18.0 Å². The third kappa shape index (κ3) is 5.17. The van der Waals surface area contributed by atoms with Crippen LogP contribution in [0.2, 0.25) is 0 Å². The molecule has 8 heteroatoms. The maximum Gasteiger partial charge on any atom is 0.416 e. The number of hydrogen-bond donors (Lipinski definition) is 0. The molecule has 1 aromatic rings. The van der Waals surface area contributed by atoms with Crippen molar-refractivity contribution in [2.24, 2.45) is 0 Å². The highest BCUT2D eigenvalue weighted by atomic mass is 32.2. The number of hydrogen-bond acceptors (Lipinski definition) is 3. The maximum atomic E-state index is 12.8. The van der Waals surface area contributed by atoms with Gasteiger partial charge in [-0.1, -0.05) is 13.0 Å². The summed E-state index contributed by atoms with van der Waals surface area (Å²) >= 11 is 0. The Bertz CT molecular complexity index is 586. The molecule has 1 aromatic carbocycles. The van der Waals surface area contributed by atoms with E-state index >= 15 is 0 Å². The molecule has 22 heavy (non-hydrogen) atoms. The van der Waals surface area contributed by atoms with Gasteiger partial charge < -0.3 is 4.90 Å². The highest BCUT2D eigenvalue weighted by Crippen LogP contribution is 2.32. The first kappa shape index (κ1) is 18.8. The van der Waals surface area contributed by atoms with E-state index in [1.54, 1.807) is 25.9 Å². The molecule has 0 saturated heterocycles. The summed E-state index contributed by atoms with van der Waals surface area (Å²) in [7, 11) is -0.0950. The fraction of sp³-hybridized carbons (Fsp3) is 0.571. The summed E-state index contributed by atoms with van der Waals surface area (Å²) in [6.07, 6.45) is -4.10. The van der Waals surface area contributed by atoms with Crippen molar-refractivity contribution in [3.8, 4) is 0 Å². The smallest absolute Gasteiger partial charge is 0.308 e. The normalized spacial score (nSPS) is 12.7. The van der Waals surface area contributed by atoms with E-state index in [9.17, 15) is 21.6 Å². The van der Waals surface area contributed by atoms with Gasteiger partial charge in [-0.25, -0.2) is 8.42 Å². The van der Waals surface area contributed by atoms with Gasteiger partial charge >= 0.3 is 6.18 Å². The van der Waals surface area contributed by atoms with Crippen LogP contribution in [0.5, 0.6) is 0 Å². The van der Waals surface area contributed by atoms with E-state index in [1.807, 2.05) is 0 Å². The SMILES string of the molecule is CCCS(=O)(=O)N(CCN(C)C)c1cccc(C(F)(F)F)c1. The van der Waals surface area contributed by atoms with Gasteiger partial charge in [0, 0.05) is 13.1 Å². The number of rotatable bonds is 7. The summed E-state index contributed by atoms with van der Waals surface area (Å²) in [5.74, 6) is -0.101. The second kappa shape index (κ2) is 7.32. The van der Waals surface area contributed by atoms with Crippen LogP contribution in [0.3, 0.4) is 0 Å². The summed E-state index contributed by atoms with van der Waals surface area (Å²) in [6, 6.07) is 4.42. The van der Waals surface area contributed by atoms with Gasteiger partial charge in [0.2, 0.25) is 10.0 Å². The van der Waals surface area contributed by atoms with Gasteiger partial charge in [-0.3, -0.25) is 4.31 Å². The predicted octanol–water partition coefficient (Wildman–Crippen LogP) is 2.81. The van der Waals surface area contributed by atoms with Gasteiger partial charge in [-0.15, -0.1) is 0 Å². The van der Waals surface area contributed by atoms with Gasteiger partial charge in [0.1, 0.15) is 0 Å². The van der Waals surface area contributed by atoms with Crippen LogP contribution >= 0.6 is 0 Å². The number of alkyl halides is 3. The number of sulfonamides is 1. The highest BCUT2D eigenvalue weighted by molar-refractivity contribution is 7.92. The Kier molecular flexibility index (Phi) is 6.25. The second-order valence-corrected chi connectivity index (χ2v) is 7.25. The molecule has 0 bridgehead atoms. The van der Waals surface area contributed by atoms with Crippen LogP contribution in [0.4, 0.5) is 18.9 Å². The van der Waals surface area contributed by atoms with E-state index in [0.29, 0.717) is 13.0 Å². The zero-order chi connectivity index (χ0) is 17.0. The van der Waals surface area contributed by atoms with E-state index in [4.69, 9.17) is 0 Å². The minimum absolute atomic E-state index is 0.0464. The first-order chi connectivity index (χ1) is 10.1. The minimum atomic E-state index is -4.50. The van der Waals surface area contributed by atoms with Gasteiger partial charge in [0.05, 0.1) is 17.0 Å². The molecule has 0 amide bonds. The minimum Gasteiger partial charge on any atom is -0.308 e. The Morgan fingerprint density at radius 1 is 1.14 bits per heavy atom. The molecule has 1 rings (SSSR count). The molecule has 0 aliphatic rings. The van der Waals surface area contributed by atoms with Crippen LogP contribution in [0.1, 0.15) is 18.9 Å². The number of anilines is 1. The van der Waals surface area contributed by atoms with Crippen LogP contribution in [-0.2, 0) is 16.2 Å². The molecule has 0 saturated carbocycles. The standard InChI is InChI=1S/C14H21F3N2O2S/c1-4-10-22(20,21)19(9-8-18(2)3)13-7-5-6-12(11-13)14(15,16)17/h5-7,11H,4,8-10H2,1-3H3. The molecule has 0 atom stereocenters. The van der Waals surface area contributed by atoms with Crippen LogP contribution in [0, 0.1) is 0 Å².